The third-order valence-corrected chi connectivity index (χ3v) is 6.50. The van der Waals surface area contributed by atoms with Crippen LogP contribution in [-0.2, 0) is 11.2 Å². The van der Waals surface area contributed by atoms with Gasteiger partial charge in [0, 0.05) is 69.9 Å². The number of carbonyl (C=O) groups is 1. The van der Waals surface area contributed by atoms with Crippen LogP contribution in [0.3, 0.4) is 0 Å². The first-order chi connectivity index (χ1) is 13.6. The van der Waals surface area contributed by atoms with Gasteiger partial charge in [-0.2, -0.15) is 0 Å². The fourth-order valence-corrected chi connectivity index (χ4v) is 4.66. The van der Waals surface area contributed by atoms with Crippen molar-refractivity contribution in [2.75, 3.05) is 52.4 Å². The fourth-order valence-electron chi connectivity index (χ4n) is 3.88. The molecule has 1 aromatic rings. The Morgan fingerprint density at radius 2 is 1.90 bits per heavy atom. The lowest BCUT2D eigenvalue weighted by atomic mass is 10.2. The Morgan fingerprint density at radius 3 is 2.48 bits per heavy atom. The molecule has 9 heteroatoms. The van der Waals surface area contributed by atoms with Crippen molar-refractivity contribution in [3.8, 4) is 0 Å². The predicted molar refractivity (Wildman–Crippen MR) is 130 cm³/mol. The lowest BCUT2D eigenvalue weighted by Crippen LogP contribution is -2.57. The van der Waals surface area contributed by atoms with Gasteiger partial charge in [0.25, 0.3) is 0 Å². The number of nitrogens with zero attached hydrogens (tertiary/aromatic N) is 5. The van der Waals surface area contributed by atoms with E-state index < -0.39 is 0 Å². The summed E-state index contributed by atoms with van der Waals surface area (Å²) in [5.74, 6) is 1.28. The number of hydrogen-bond acceptors (Lipinski definition) is 5. The second-order valence-corrected chi connectivity index (χ2v) is 8.90. The van der Waals surface area contributed by atoms with E-state index in [-0.39, 0.29) is 30.0 Å². The topological polar surface area (TPSA) is 64.1 Å². The van der Waals surface area contributed by atoms with E-state index in [2.05, 4.69) is 40.9 Å². The Morgan fingerprint density at radius 1 is 1.21 bits per heavy atom. The maximum Gasteiger partial charge on any atom is 0.239 e. The largest absolute Gasteiger partial charge is 0.357 e. The summed E-state index contributed by atoms with van der Waals surface area (Å²) in [6, 6.07) is -0.0204. The highest BCUT2D eigenvalue weighted by Gasteiger charge is 2.30. The number of guanidine groups is 1. The van der Waals surface area contributed by atoms with Crippen molar-refractivity contribution in [1.82, 2.24) is 25.0 Å². The highest BCUT2D eigenvalue weighted by Crippen LogP contribution is 2.14. The first-order valence-electron chi connectivity index (χ1n) is 10.6. The number of carbonyl (C=O) groups excluding carboxylic acids is 1. The maximum atomic E-state index is 12.7. The monoisotopic (exact) mass is 534 g/mol. The molecular weight excluding hydrogens is 499 g/mol. The number of aliphatic imine (C=N–C) groups is 1. The maximum absolute atomic E-state index is 12.7. The minimum atomic E-state index is -0.0204. The van der Waals surface area contributed by atoms with Gasteiger partial charge in [-0.05, 0) is 33.6 Å². The summed E-state index contributed by atoms with van der Waals surface area (Å²) < 4.78 is 0. The van der Waals surface area contributed by atoms with E-state index >= 15 is 0 Å². The molecule has 0 radical (unpaired) electrons. The van der Waals surface area contributed by atoms with E-state index in [1.54, 1.807) is 11.3 Å². The van der Waals surface area contributed by atoms with Crippen LogP contribution in [0, 0.1) is 6.92 Å². The molecule has 164 valence electrons. The van der Waals surface area contributed by atoms with Crippen molar-refractivity contribution < 1.29 is 4.79 Å². The van der Waals surface area contributed by atoms with Crippen LogP contribution in [-0.4, -0.2) is 90.0 Å². The van der Waals surface area contributed by atoms with Crippen molar-refractivity contribution >= 4 is 47.2 Å². The van der Waals surface area contributed by atoms with Crippen molar-refractivity contribution in [3.63, 3.8) is 0 Å². The molecule has 2 aliphatic heterocycles. The number of rotatable bonds is 6. The standard InChI is InChI=1S/C20H34N6OS.HI/c1-4-21-20(22-8-7-18-23-15-16(2)28-18)26-13-11-24(12-14-26)17(3)19(27)25-9-5-6-10-25;/h15,17H,4-14H2,1-3H3,(H,21,22);1H. The number of aromatic nitrogens is 1. The summed E-state index contributed by atoms with van der Waals surface area (Å²) in [6.45, 7) is 13.3. The second kappa shape index (κ2) is 12.0. The van der Waals surface area contributed by atoms with Gasteiger partial charge in [-0.3, -0.25) is 14.7 Å². The fraction of sp³-hybridized carbons (Fsp3) is 0.750. The van der Waals surface area contributed by atoms with E-state index in [1.807, 2.05) is 11.1 Å². The van der Waals surface area contributed by atoms with Gasteiger partial charge in [0.15, 0.2) is 5.96 Å². The summed E-state index contributed by atoms with van der Waals surface area (Å²) in [5.41, 5.74) is 0. The molecule has 0 spiro atoms. The molecule has 2 fully saturated rings. The van der Waals surface area contributed by atoms with Crippen LogP contribution in [0.4, 0.5) is 0 Å². The van der Waals surface area contributed by atoms with E-state index in [0.717, 1.165) is 82.6 Å². The highest BCUT2D eigenvalue weighted by molar-refractivity contribution is 14.0. The van der Waals surface area contributed by atoms with E-state index in [9.17, 15) is 4.79 Å². The van der Waals surface area contributed by atoms with Gasteiger partial charge in [0.05, 0.1) is 11.0 Å². The van der Waals surface area contributed by atoms with Crippen LogP contribution in [0.1, 0.15) is 36.6 Å². The molecule has 3 heterocycles. The van der Waals surface area contributed by atoms with Gasteiger partial charge in [-0.1, -0.05) is 0 Å². The number of halogens is 1. The average Bonchev–Trinajstić information content (AvgIpc) is 3.38. The molecule has 1 unspecified atom stereocenters. The van der Waals surface area contributed by atoms with Crippen LogP contribution in [0.2, 0.25) is 0 Å². The van der Waals surface area contributed by atoms with Gasteiger partial charge in [-0.15, -0.1) is 35.3 Å². The molecule has 1 amide bonds. The lowest BCUT2D eigenvalue weighted by Gasteiger charge is -2.39. The normalized spacial score (nSPS) is 19.2. The zero-order valence-electron chi connectivity index (χ0n) is 17.9. The summed E-state index contributed by atoms with van der Waals surface area (Å²) in [7, 11) is 0. The zero-order valence-corrected chi connectivity index (χ0v) is 21.0. The number of amides is 1. The van der Waals surface area contributed by atoms with Crippen molar-refractivity contribution in [1.29, 1.82) is 0 Å². The Labute approximate surface area is 196 Å². The molecule has 2 saturated heterocycles. The SMILES string of the molecule is CCNC(=NCCc1ncc(C)s1)N1CCN(C(C)C(=O)N2CCCC2)CC1.I. The van der Waals surface area contributed by atoms with E-state index in [0.29, 0.717) is 5.91 Å². The second-order valence-electron chi connectivity index (χ2n) is 7.58. The van der Waals surface area contributed by atoms with Crippen molar-refractivity contribution in [2.45, 2.75) is 46.1 Å². The van der Waals surface area contributed by atoms with Gasteiger partial charge in [0.1, 0.15) is 0 Å². The predicted octanol–water partition coefficient (Wildman–Crippen LogP) is 2.21. The number of piperazine rings is 1. The minimum Gasteiger partial charge on any atom is -0.357 e. The molecular formula is C20H35IN6OS. The van der Waals surface area contributed by atoms with Gasteiger partial charge < -0.3 is 15.1 Å². The van der Waals surface area contributed by atoms with E-state index in [4.69, 9.17) is 4.99 Å². The first-order valence-corrected chi connectivity index (χ1v) is 11.4. The minimum absolute atomic E-state index is 0. The molecule has 0 aliphatic carbocycles. The number of hydrogen-bond donors (Lipinski definition) is 1. The number of nitrogens with one attached hydrogen (secondary N) is 1. The lowest BCUT2D eigenvalue weighted by molar-refractivity contribution is -0.135. The Balaban J connectivity index is 0.00000300. The zero-order chi connectivity index (χ0) is 19.9. The third-order valence-electron chi connectivity index (χ3n) is 5.53. The Hall–Kier alpha value is -0.940. The van der Waals surface area contributed by atoms with Gasteiger partial charge >= 0.3 is 0 Å². The van der Waals surface area contributed by atoms with Crippen molar-refractivity contribution in [2.24, 2.45) is 4.99 Å². The third kappa shape index (κ3) is 6.78. The van der Waals surface area contributed by atoms with Gasteiger partial charge in [0.2, 0.25) is 5.91 Å². The molecule has 7 nitrogen and oxygen atoms in total. The number of likely N-dealkylation sites (tertiary alicyclic amines) is 1. The quantitative estimate of drug-likeness (QED) is 0.345. The van der Waals surface area contributed by atoms with Crippen molar-refractivity contribution in [3.05, 3.63) is 16.1 Å². The van der Waals surface area contributed by atoms with Crippen LogP contribution >= 0.6 is 35.3 Å². The average molecular weight is 535 g/mol. The highest BCUT2D eigenvalue weighted by atomic mass is 127. The van der Waals surface area contributed by atoms with Crippen LogP contribution in [0.25, 0.3) is 0 Å². The summed E-state index contributed by atoms with van der Waals surface area (Å²) >= 11 is 1.75. The Bertz CT molecular complexity index is 668. The van der Waals surface area contributed by atoms with E-state index in [1.165, 1.54) is 4.88 Å². The molecule has 0 saturated carbocycles. The number of thiazole rings is 1. The molecule has 1 N–H and O–H groups in total. The number of aryl methyl sites for hydroxylation is 1. The summed E-state index contributed by atoms with van der Waals surface area (Å²) in [5, 5.41) is 4.57. The van der Waals surface area contributed by atoms with Crippen LogP contribution in [0.5, 0.6) is 0 Å². The molecule has 0 bridgehead atoms. The van der Waals surface area contributed by atoms with Crippen LogP contribution < -0.4 is 5.32 Å². The summed E-state index contributed by atoms with van der Waals surface area (Å²) in [4.78, 5) is 29.8. The molecule has 2 aliphatic rings. The molecule has 3 rings (SSSR count). The first kappa shape index (κ1) is 24.3. The van der Waals surface area contributed by atoms with Crippen LogP contribution in [0.15, 0.2) is 11.2 Å². The summed E-state index contributed by atoms with van der Waals surface area (Å²) in [6.07, 6.45) is 5.11. The smallest absolute Gasteiger partial charge is 0.239 e. The molecule has 1 aromatic heterocycles. The molecule has 0 aromatic carbocycles. The van der Waals surface area contributed by atoms with Gasteiger partial charge in [-0.25, -0.2) is 4.98 Å². The molecule has 29 heavy (non-hydrogen) atoms. The molecule has 1 atom stereocenters. The Kier molecular flexibility index (Phi) is 10.1.